The van der Waals surface area contributed by atoms with Crippen molar-refractivity contribution in [1.82, 2.24) is 4.98 Å². The van der Waals surface area contributed by atoms with Gasteiger partial charge in [0.2, 0.25) is 0 Å². The van der Waals surface area contributed by atoms with Gasteiger partial charge in [0, 0.05) is 49.1 Å². The van der Waals surface area contributed by atoms with Gasteiger partial charge in [-0.1, -0.05) is 0 Å². The topological polar surface area (TPSA) is 68.5 Å². The van der Waals surface area contributed by atoms with E-state index in [-0.39, 0.29) is 5.69 Å². The normalized spacial score (nSPS) is 10.5. The number of rotatable bonds is 6. The molecule has 1 heterocycles. The van der Waals surface area contributed by atoms with Gasteiger partial charge >= 0.3 is 0 Å². The SMILES string of the molecule is COCc1cc([N+](=O)[O-])ccc1N(C)Cc1nccs1. The summed E-state index contributed by atoms with van der Waals surface area (Å²) in [6.07, 6.45) is 1.76. The van der Waals surface area contributed by atoms with E-state index in [1.54, 1.807) is 36.8 Å². The van der Waals surface area contributed by atoms with Crippen LogP contribution < -0.4 is 4.90 Å². The maximum absolute atomic E-state index is 10.8. The zero-order valence-corrected chi connectivity index (χ0v) is 12.1. The number of aromatic nitrogens is 1. The predicted octanol–water partition coefficient (Wildman–Crippen LogP) is 2.83. The number of non-ortho nitro benzene ring substituents is 1. The first kappa shape index (κ1) is 14.4. The molecule has 0 saturated carbocycles. The number of benzene rings is 1. The average molecular weight is 293 g/mol. The van der Waals surface area contributed by atoms with Crippen molar-refractivity contribution in [2.24, 2.45) is 0 Å². The highest BCUT2D eigenvalue weighted by Crippen LogP contribution is 2.26. The van der Waals surface area contributed by atoms with Gasteiger partial charge in [0.25, 0.3) is 5.69 Å². The summed E-state index contributed by atoms with van der Waals surface area (Å²) in [6, 6.07) is 4.81. The minimum atomic E-state index is -0.399. The predicted molar refractivity (Wildman–Crippen MR) is 78.0 cm³/mol. The van der Waals surface area contributed by atoms with E-state index in [1.807, 2.05) is 17.3 Å². The maximum Gasteiger partial charge on any atom is 0.269 e. The fourth-order valence-electron chi connectivity index (χ4n) is 1.95. The number of hydrogen-bond donors (Lipinski definition) is 0. The molecule has 2 aromatic rings. The quantitative estimate of drug-likeness (QED) is 0.605. The van der Waals surface area contributed by atoms with Crippen molar-refractivity contribution in [2.75, 3.05) is 19.1 Å². The largest absolute Gasteiger partial charge is 0.380 e. The summed E-state index contributed by atoms with van der Waals surface area (Å²) in [4.78, 5) is 16.7. The highest BCUT2D eigenvalue weighted by molar-refractivity contribution is 7.09. The first-order valence-electron chi connectivity index (χ1n) is 5.97. The van der Waals surface area contributed by atoms with Crippen molar-refractivity contribution < 1.29 is 9.66 Å². The highest BCUT2D eigenvalue weighted by Gasteiger charge is 2.14. The van der Waals surface area contributed by atoms with Crippen LogP contribution in [-0.2, 0) is 17.9 Å². The molecule has 7 heteroatoms. The third kappa shape index (κ3) is 3.31. The molecule has 0 N–H and O–H groups in total. The number of nitro benzene ring substituents is 1. The Bertz CT molecular complexity index is 587. The Morgan fingerprint density at radius 1 is 1.50 bits per heavy atom. The van der Waals surface area contributed by atoms with Gasteiger partial charge in [-0.25, -0.2) is 4.98 Å². The Balaban J connectivity index is 2.27. The smallest absolute Gasteiger partial charge is 0.269 e. The van der Waals surface area contributed by atoms with Crippen LogP contribution in [0.5, 0.6) is 0 Å². The Kier molecular flexibility index (Phi) is 4.65. The van der Waals surface area contributed by atoms with E-state index in [0.717, 1.165) is 16.3 Å². The van der Waals surface area contributed by atoms with Gasteiger partial charge in [-0.15, -0.1) is 11.3 Å². The minimum absolute atomic E-state index is 0.0726. The van der Waals surface area contributed by atoms with E-state index in [2.05, 4.69) is 4.98 Å². The number of anilines is 1. The third-order valence-corrected chi connectivity index (χ3v) is 3.61. The summed E-state index contributed by atoms with van der Waals surface area (Å²) < 4.78 is 5.13. The molecule has 0 spiro atoms. The van der Waals surface area contributed by atoms with Crippen LogP contribution in [0.3, 0.4) is 0 Å². The summed E-state index contributed by atoms with van der Waals surface area (Å²) in [7, 11) is 3.51. The minimum Gasteiger partial charge on any atom is -0.380 e. The Hall–Kier alpha value is -1.99. The molecule has 1 aromatic carbocycles. The first-order valence-corrected chi connectivity index (χ1v) is 6.85. The van der Waals surface area contributed by atoms with Gasteiger partial charge in [0.15, 0.2) is 0 Å². The molecule has 1 aromatic heterocycles. The monoisotopic (exact) mass is 293 g/mol. The lowest BCUT2D eigenvalue weighted by Crippen LogP contribution is -2.18. The van der Waals surface area contributed by atoms with E-state index >= 15 is 0 Å². The van der Waals surface area contributed by atoms with Crippen molar-refractivity contribution in [3.05, 3.63) is 50.5 Å². The number of nitro groups is 1. The molecule has 0 aliphatic heterocycles. The Morgan fingerprint density at radius 3 is 2.90 bits per heavy atom. The second-order valence-corrected chi connectivity index (χ2v) is 5.26. The van der Waals surface area contributed by atoms with Gasteiger partial charge in [-0.05, 0) is 6.07 Å². The summed E-state index contributed by atoms with van der Waals surface area (Å²) in [5.74, 6) is 0. The lowest BCUT2D eigenvalue weighted by molar-refractivity contribution is -0.384. The van der Waals surface area contributed by atoms with Gasteiger partial charge < -0.3 is 9.64 Å². The number of thiazole rings is 1. The zero-order valence-electron chi connectivity index (χ0n) is 11.3. The average Bonchev–Trinajstić information content (AvgIpc) is 2.91. The van der Waals surface area contributed by atoms with Crippen molar-refractivity contribution in [3.8, 4) is 0 Å². The second-order valence-electron chi connectivity index (χ2n) is 4.29. The van der Waals surface area contributed by atoms with Crippen molar-refractivity contribution in [2.45, 2.75) is 13.2 Å². The molecule has 0 aliphatic carbocycles. The molecule has 0 unspecified atom stereocenters. The first-order chi connectivity index (χ1) is 9.61. The summed E-state index contributed by atoms with van der Waals surface area (Å²) in [6.45, 7) is 0.991. The molecule has 0 aliphatic rings. The molecular formula is C13H15N3O3S. The van der Waals surface area contributed by atoms with Gasteiger partial charge in [0.05, 0.1) is 18.1 Å². The van der Waals surface area contributed by atoms with E-state index in [4.69, 9.17) is 4.74 Å². The van der Waals surface area contributed by atoms with Gasteiger partial charge in [0.1, 0.15) is 5.01 Å². The van der Waals surface area contributed by atoms with Crippen LogP contribution >= 0.6 is 11.3 Å². The van der Waals surface area contributed by atoms with Crippen LogP contribution in [0, 0.1) is 10.1 Å². The van der Waals surface area contributed by atoms with E-state index in [1.165, 1.54) is 6.07 Å². The Morgan fingerprint density at radius 2 is 2.30 bits per heavy atom. The molecule has 0 radical (unpaired) electrons. The lowest BCUT2D eigenvalue weighted by atomic mass is 10.1. The maximum atomic E-state index is 10.8. The molecule has 106 valence electrons. The second kappa shape index (κ2) is 6.44. The molecule has 20 heavy (non-hydrogen) atoms. The number of hydrogen-bond acceptors (Lipinski definition) is 6. The van der Waals surface area contributed by atoms with Crippen LogP contribution in [0.1, 0.15) is 10.6 Å². The lowest BCUT2D eigenvalue weighted by Gasteiger charge is -2.21. The van der Waals surface area contributed by atoms with Crippen LogP contribution in [-0.4, -0.2) is 24.1 Å². The van der Waals surface area contributed by atoms with E-state index in [0.29, 0.717) is 13.2 Å². The molecule has 0 amide bonds. The van der Waals surface area contributed by atoms with Gasteiger partial charge in [-0.3, -0.25) is 10.1 Å². The van der Waals surface area contributed by atoms with E-state index < -0.39 is 4.92 Å². The van der Waals surface area contributed by atoms with Crippen molar-refractivity contribution >= 4 is 22.7 Å². The summed E-state index contributed by atoms with van der Waals surface area (Å²) in [5.41, 5.74) is 1.77. The zero-order chi connectivity index (χ0) is 14.5. The number of nitrogens with zero attached hydrogens (tertiary/aromatic N) is 3. The molecular weight excluding hydrogens is 278 g/mol. The standard InChI is InChI=1S/C13H15N3O3S/c1-15(8-13-14-5-6-20-13)12-4-3-11(16(17)18)7-10(12)9-19-2/h3-7H,8-9H2,1-2H3. The highest BCUT2D eigenvalue weighted by atomic mass is 32.1. The summed E-state index contributed by atoms with van der Waals surface area (Å²) in [5, 5.41) is 13.8. The van der Waals surface area contributed by atoms with Crippen LogP contribution in [0.15, 0.2) is 29.8 Å². The fraction of sp³-hybridized carbons (Fsp3) is 0.308. The van der Waals surface area contributed by atoms with Gasteiger partial charge in [-0.2, -0.15) is 0 Å². The molecule has 0 bridgehead atoms. The molecule has 6 nitrogen and oxygen atoms in total. The molecule has 0 atom stereocenters. The van der Waals surface area contributed by atoms with E-state index in [9.17, 15) is 10.1 Å². The molecule has 0 saturated heterocycles. The van der Waals surface area contributed by atoms with Crippen LogP contribution in [0.2, 0.25) is 0 Å². The third-order valence-electron chi connectivity index (χ3n) is 2.84. The number of methoxy groups -OCH3 is 1. The Labute approximate surface area is 120 Å². The van der Waals surface area contributed by atoms with Crippen molar-refractivity contribution in [1.29, 1.82) is 0 Å². The summed E-state index contributed by atoms with van der Waals surface area (Å²) >= 11 is 1.58. The fourth-order valence-corrected chi connectivity index (χ4v) is 2.62. The van der Waals surface area contributed by atoms with Crippen LogP contribution in [0.25, 0.3) is 0 Å². The molecule has 0 fully saturated rings. The number of ether oxygens (including phenoxy) is 1. The van der Waals surface area contributed by atoms with Crippen molar-refractivity contribution in [3.63, 3.8) is 0 Å². The van der Waals surface area contributed by atoms with Crippen LogP contribution in [0.4, 0.5) is 11.4 Å². The molecule has 2 rings (SSSR count).